The lowest BCUT2D eigenvalue weighted by Gasteiger charge is -2.08. The number of benzene rings is 1. The highest BCUT2D eigenvalue weighted by Crippen LogP contribution is 2.23. The third-order valence-electron chi connectivity index (χ3n) is 2.02. The van der Waals surface area contributed by atoms with Crippen LogP contribution in [0.1, 0.15) is 11.1 Å². The van der Waals surface area contributed by atoms with Crippen molar-refractivity contribution in [3.63, 3.8) is 0 Å². The molecule has 14 heavy (non-hydrogen) atoms. The van der Waals surface area contributed by atoms with Gasteiger partial charge in [-0.3, -0.25) is 4.79 Å². The zero-order chi connectivity index (χ0) is 10.7. The maximum Gasteiger partial charge on any atom is 0.310 e. The molecule has 0 aliphatic carbocycles. The SMILES string of the molecule is COC(=O)Cc1c(C)cc(Br)cc1N. The summed E-state index contributed by atoms with van der Waals surface area (Å²) in [7, 11) is 1.37. The Kier molecular flexibility index (Phi) is 3.52. The van der Waals surface area contributed by atoms with Crippen LogP contribution in [-0.4, -0.2) is 13.1 Å². The van der Waals surface area contributed by atoms with E-state index in [1.165, 1.54) is 7.11 Å². The van der Waals surface area contributed by atoms with Gasteiger partial charge in [0.05, 0.1) is 13.5 Å². The number of rotatable bonds is 2. The minimum Gasteiger partial charge on any atom is -0.469 e. The van der Waals surface area contributed by atoms with Crippen LogP contribution in [0.3, 0.4) is 0 Å². The van der Waals surface area contributed by atoms with Crippen molar-refractivity contribution in [3.05, 3.63) is 27.7 Å². The molecule has 0 unspecified atom stereocenters. The first-order valence-electron chi connectivity index (χ1n) is 4.16. The number of nitrogen functional groups attached to an aromatic ring is 1. The molecule has 3 nitrogen and oxygen atoms in total. The summed E-state index contributed by atoms with van der Waals surface area (Å²) in [6.45, 7) is 1.92. The molecule has 0 amide bonds. The first-order chi connectivity index (χ1) is 6.54. The first-order valence-corrected chi connectivity index (χ1v) is 4.95. The van der Waals surface area contributed by atoms with E-state index in [0.29, 0.717) is 5.69 Å². The second kappa shape index (κ2) is 4.46. The van der Waals surface area contributed by atoms with Gasteiger partial charge in [0.25, 0.3) is 0 Å². The van der Waals surface area contributed by atoms with Crippen molar-refractivity contribution in [3.8, 4) is 0 Å². The van der Waals surface area contributed by atoms with Gasteiger partial charge in [0.15, 0.2) is 0 Å². The van der Waals surface area contributed by atoms with Crippen molar-refractivity contribution in [1.29, 1.82) is 0 Å². The molecule has 0 fully saturated rings. The third kappa shape index (κ3) is 2.48. The van der Waals surface area contributed by atoms with Gasteiger partial charge < -0.3 is 10.5 Å². The van der Waals surface area contributed by atoms with Crippen LogP contribution in [0.2, 0.25) is 0 Å². The summed E-state index contributed by atoms with van der Waals surface area (Å²) in [4.78, 5) is 11.1. The summed E-state index contributed by atoms with van der Waals surface area (Å²) in [5.74, 6) is -0.276. The van der Waals surface area contributed by atoms with E-state index >= 15 is 0 Å². The number of aryl methyl sites for hydroxylation is 1. The van der Waals surface area contributed by atoms with Crippen molar-refractivity contribution in [2.75, 3.05) is 12.8 Å². The molecule has 0 aliphatic rings. The fourth-order valence-corrected chi connectivity index (χ4v) is 1.85. The molecule has 76 valence electrons. The molecular weight excluding hydrogens is 246 g/mol. The smallest absolute Gasteiger partial charge is 0.310 e. The second-order valence-electron chi connectivity index (χ2n) is 3.04. The topological polar surface area (TPSA) is 52.3 Å². The molecule has 4 heteroatoms. The van der Waals surface area contributed by atoms with Gasteiger partial charge in [0.1, 0.15) is 0 Å². The van der Waals surface area contributed by atoms with Crippen LogP contribution in [0.4, 0.5) is 5.69 Å². The van der Waals surface area contributed by atoms with Crippen molar-refractivity contribution >= 4 is 27.6 Å². The predicted octanol–water partition coefficient (Wildman–Crippen LogP) is 2.06. The van der Waals surface area contributed by atoms with Crippen LogP contribution in [0.15, 0.2) is 16.6 Å². The predicted molar refractivity (Wildman–Crippen MR) is 59.0 cm³/mol. The van der Waals surface area contributed by atoms with E-state index < -0.39 is 0 Å². The van der Waals surface area contributed by atoms with Crippen LogP contribution >= 0.6 is 15.9 Å². The fourth-order valence-electron chi connectivity index (χ4n) is 1.26. The molecule has 0 radical (unpaired) electrons. The van der Waals surface area contributed by atoms with Crippen molar-refractivity contribution in [2.24, 2.45) is 0 Å². The van der Waals surface area contributed by atoms with Crippen LogP contribution in [-0.2, 0) is 16.0 Å². The highest BCUT2D eigenvalue weighted by atomic mass is 79.9. The number of hydrogen-bond donors (Lipinski definition) is 1. The fraction of sp³-hybridized carbons (Fsp3) is 0.300. The highest BCUT2D eigenvalue weighted by Gasteiger charge is 2.09. The lowest BCUT2D eigenvalue weighted by atomic mass is 10.0. The monoisotopic (exact) mass is 257 g/mol. The number of anilines is 1. The Hall–Kier alpha value is -1.03. The molecule has 0 aliphatic heterocycles. The van der Waals surface area contributed by atoms with E-state index in [9.17, 15) is 4.79 Å². The van der Waals surface area contributed by atoms with Gasteiger partial charge >= 0.3 is 5.97 Å². The van der Waals surface area contributed by atoms with Crippen LogP contribution in [0.25, 0.3) is 0 Å². The zero-order valence-corrected chi connectivity index (χ0v) is 9.72. The van der Waals surface area contributed by atoms with E-state index in [2.05, 4.69) is 20.7 Å². The number of nitrogens with two attached hydrogens (primary N) is 1. The number of carbonyl (C=O) groups excluding carboxylic acids is 1. The van der Waals surface area contributed by atoms with Crippen molar-refractivity contribution in [2.45, 2.75) is 13.3 Å². The number of carbonyl (C=O) groups is 1. The van der Waals surface area contributed by atoms with E-state index in [-0.39, 0.29) is 12.4 Å². The summed E-state index contributed by atoms with van der Waals surface area (Å²) in [6.07, 6.45) is 0.224. The first kappa shape index (κ1) is 11.0. The second-order valence-corrected chi connectivity index (χ2v) is 3.96. The standard InChI is InChI=1S/C10H12BrNO2/c1-6-3-7(11)4-9(12)8(6)5-10(13)14-2/h3-4H,5,12H2,1-2H3. The lowest BCUT2D eigenvalue weighted by molar-refractivity contribution is -0.139. The summed E-state index contributed by atoms with van der Waals surface area (Å²) in [5.41, 5.74) is 8.22. The molecule has 0 saturated carbocycles. The van der Waals surface area contributed by atoms with E-state index in [0.717, 1.165) is 15.6 Å². The largest absolute Gasteiger partial charge is 0.469 e. The lowest BCUT2D eigenvalue weighted by Crippen LogP contribution is -2.08. The molecule has 0 bridgehead atoms. The number of esters is 1. The number of halogens is 1. The Morgan fingerprint density at radius 3 is 2.71 bits per heavy atom. The molecule has 1 rings (SSSR count). The van der Waals surface area contributed by atoms with Gasteiger partial charge in [-0.1, -0.05) is 15.9 Å². The Bertz CT molecular complexity index is 340. The average molecular weight is 258 g/mol. The Morgan fingerprint density at radius 2 is 2.21 bits per heavy atom. The molecule has 0 atom stereocenters. The summed E-state index contributed by atoms with van der Waals surface area (Å²) in [5, 5.41) is 0. The average Bonchev–Trinajstić information content (AvgIpc) is 2.10. The van der Waals surface area contributed by atoms with Gasteiger partial charge in [0.2, 0.25) is 0 Å². The maximum atomic E-state index is 11.1. The summed E-state index contributed by atoms with van der Waals surface area (Å²) >= 11 is 3.33. The van der Waals surface area contributed by atoms with Crippen molar-refractivity contribution in [1.82, 2.24) is 0 Å². The maximum absolute atomic E-state index is 11.1. The van der Waals surface area contributed by atoms with Crippen LogP contribution in [0, 0.1) is 6.92 Å². The Morgan fingerprint density at radius 1 is 1.57 bits per heavy atom. The van der Waals surface area contributed by atoms with Gasteiger partial charge in [-0.2, -0.15) is 0 Å². The molecule has 0 aromatic heterocycles. The highest BCUT2D eigenvalue weighted by molar-refractivity contribution is 9.10. The van der Waals surface area contributed by atoms with Gasteiger partial charge in [-0.15, -0.1) is 0 Å². The molecule has 0 saturated heterocycles. The third-order valence-corrected chi connectivity index (χ3v) is 2.48. The van der Waals surface area contributed by atoms with Crippen LogP contribution in [0.5, 0.6) is 0 Å². The number of hydrogen-bond acceptors (Lipinski definition) is 3. The van der Waals surface area contributed by atoms with E-state index in [1.807, 2.05) is 13.0 Å². The molecule has 2 N–H and O–H groups in total. The van der Waals surface area contributed by atoms with E-state index in [1.54, 1.807) is 6.07 Å². The molecule has 0 heterocycles. The number of ether oxygens (including phenoxy) is 1. The normalized spacial score (nSPS) is 9.93. The molecule has 0 spiro atoms. The Balaban J connectivity index is 3.02. The minimum absolute atomic E-state index is 0.224. The quantitative estimate of drug-likeness (QED) is 0.652. The number of methoxy groups -OCH3 is 1. The summed E-state index contributed by atoms with van der Waals surface area (Å²) in [6, 6.07) is 3.71. The molecular formula is C10H12BrNO2. The van der Waals surface area contributed by atoms with E-state index in [4.69, 9.17) is 5.73 Å². The van der Waals surface area contributed by atoms with Crippen LogP contribution < -0.4 is 5.73 Å². The van der Waals surface area contributed by atoms with Gasteiger partial charge in [-0.05, 0) is 30.2 Å². The summed E-state index contributed by atoms with van der Waals surface area (Å²) < 4.78 is 5.51. The molecule has 1 aromatic carbocycles. The van der Waals surface area contributed by atoms with Gasteiger partial charge in [0, 0.05) is 10.2 Å². The van der Waals surface area contributed by atoms with Gasteiger partial charge in [-0.25, -0.2) is 0 Å². The van der Waals surface area contributed by atoms with Crippen molar-refractivity contribution < 1.29 is 9.53 Å². The molecule has 1 aromatic rings. The Labute approximate surface area is 91.4 Å². The zero-order valence-electron chi connectivity index (χ0n) is 8.13. The minimum atomic E-state index is -0.276.